The Morgan fingerprint density at radius 3 is 2.90 bits per heavy atom. The quantitative estimate of drug-likeness (QED) is 0.814. The zero-order valence-corrected chi connectivity index (χ0v) is 13.4. The summed E-state index contributed by atoms with van der Waals surface area (Å²) in [5.41, 5.74) is 2.37. The van der Waals surface area contributed by atoms with Crippen LogP contribution in [-0.2, 0) is 11.3 Å². The summed E-state index contributed by atoms with van der Waals surface area (Å²) in [6, 6.07) is 2.76. The molecule has 1 aliphatic heterocycles. The fourth-order valence-electron chi connectivity index (χ4n) is 2.91. The van der Waals surface area contributed by atoms with Gasteiger partial charge in [0, 0.05) is 24.9 Å². The van der Waals surface area contributed by atoms with E-state index in [0.29, 0.717) is 18.1 Å². The summed E-state index contributed by atoms with van der Waals surface area (Å²) in [7, 11) is 0. The highest BCUT2D eigenvalue weighted by Gasteiger charge is 2.24. The molecule has 0 aromatic carbocycles. The number of nitrogens with zero attached hydrogens (tertiary/aromatic N) is 2. The highest BCUT2D eigenvalue weighted by atomic mass is 16.5. The minimum absolute atomic E-state index is 0.428. The first-order valence-electron chi connectivity index (χ1n) is 7.92. The number of nitrogens with one attached hydrogen (secondary N) is 1. The van der Waals surface area contributed by atoms with Crippen LogP contribution in [-0.4, -0.2) is 35.1 Å². The van der Waals surface area contributed by atoms with Crippen molar-refractivity contribution in [1.29, 1.82) is 0 Å². The average Bonchev–Trinajstić information content (AvgIpc) is 2.73. The van der Waals surface area contributed by atoms with E-state index in [-0.39, 0.29) is 0 Å². The first kappa shape index (κ1) is 15.5. The molecular weight excluding hydrogens is 250 g/mol. The Morgan fingerprint density at radius 2 is 2.25 bits per heavy atom. The summed E-state index contributed by atoms with van der Waals surface area (Å²) >= 11 is 0. The van der Waals surface area contributed by atoms with Gasteiger partial charge in [-0.15, -0.1) is 0 Å². The Kier molecular flexibility index (Phi) is 5.61. The number of aryl methyl sites for hydroxylation is 3. The summed E-state index contributed by atoms with van der Waals surface area (Å²) in [6.07, 6.45) is 3.85. The van der Waals surface area contributed by atoms with Gasteiger partial charge in [0.2, 0.25) is 0 Å². The molecule has 0 radical (unpaired) electrons. The zero-order valence-electron chi connectivity index (χ0n) is 13.4. The molecule has 20 heavy (non-hydrogen) atoms. The monoisotopic (exact) mass is 279 g/mol. The summed E-state index contributed by atoms with van der Waals surface area (Å²) in [5, 5.41) is 8.18. The third-order valence-corrected chi connectivity index (χ3v) is 4.14. The van der Waals surface area contributed by atoms with Gasteiger partial charge in [-0.1, -0.05) is 13.8 Å². The second kappa shape index (κ2) is 7.23. The van der Waals surface area contributed by atoms with Gasteiger partial charge in [-0.25, -0.2) is 0 Å². The van der Waals surface area contributed by atoms with E-state index in [2.05, 4.69) is 48.9 Å². The van der Waals surface area contributed by atoms with Gasteiger partial charge in [0.25, 0.3) is 0 Å². The average molecular weight is 279 g/mol. The van der Waals surface area contributed by atoms with E-state index >= 15 is 0 Å². The molecule has 2 rings (SSSR count). The third kappa shape index (κ3) is 4.32. The molecule has 2 heterocycles. The fourth-order valence-corrected chi connectivity index (χ4v) is 2.91. The smallest absolute Gasteiger partial charge is 0.0612 e. The third-order valence-electron chi connectivity index (χ3n) is 4.14. The van der Waals surface area contributed by atoms with Crippen molar-refractivity contribution in [2.45, 2.75) is 65.6 Å². The van der Waals surface area contributed by atoms with E-state index in [9.17, 15) is 0 Å². The maximum atomic E-state index is 5.81. The predicted molar refractivity (Wildman–Crippen MR) is 81.9 cm³/mol. The van der Waals surface area contributed by atoms with Crippen LogP contribution in [0.5, 0.6) is 0 Å². The lowest BCUT2D eigenvalue weighted by molar-refractivity contribution is -0.0243. The van der Waals surface area contributed by atoms with Gasteiger partial charge in [-0.3, -0.25) is 4.68 Å². The molecule has 0 bridgehead atoms. The lowest BCUT2D eigenvalue weighted by atomic mass is 9.95. The van der Waals surface area contributed by atoms with Gasteiger partial charge in [0.05, 0.1) is 11.8 Å². The van der Waals surface area contributed by atoms with Crippen LogP contribution < -0.4 is 5.32 Å². The van der Waals surface area contributed by atoms with E-state index in [1.807, 2.05) is 0 Å². The lowest BCUT2D eigenvalue weighted by Gasteiger charge is -2.32. The van der Waals surface area contributed by atoms with Crippen molar-refractivity contribution in [3.63, 3.8) is 0 Å². The molecule has 4 heteroatoms. The first-order chi connectivity index (χ1) is 9.56. The van der Waals surface area contributed by atoms with Gasteiger partial charge in [-0.05, 0) is 51.6 Å². The largest absolute Gasteiger partial charge is 0.378 e. The Hall–Kier alpha value is -0.870. The molecule has 1 aromatic heterocycles. The van der Waals surface area contributed by atoms with Crippen LogP contribution in [0.1, 0.15) is 44.5 Å². The van der Waals surface area contributed by atoms with Crippen molar-refractivity contribution in [2.24, 2.45) is 5.92 Å². The number of rotatable bonds is 6. The molecule has 0 spiro atoms. The van der Waals surface area contributed by atoms with E-state index in [0.717, 1.165) is 44.7 Å². The number of hydrogen-bond donors (Lipinski definition) is 1. The molecule has 2 atom stereocenters. The molecule has 2 unspecified atom stereocenters. The minimum Gasteiger partial charge on any atom is -0.378 e. The van der Waals surface area contributed by atoms with Crippen molar-refractivity contribution < 1.29 is 4.74 Å². The highest BCUT2D eigenvalue weighted by Crippen LogP contribution is 2.20. The topological polar surface area (TPSA) is 39.1 Å². The molecule has 0 amide bonds. The Balaban J connectivity index is 1.67. The van der Waals surface area contributed by atoms with Crippen molar-refractivity contribution in [3.8, 4) is 0 Å². The molecule has 1 aromatic rings. The van der Waals surface area contributed by atoms with Crippen molar-refractivity contribution in [1.82, 2.24) is 15.1 Å². The zero-order chi connectivity index (χ0) is 14.5. The van der Waals surface area contributed by atoms with E-state index in [1.165, 1.54) is 5.69 Å². The van der Waals surface area contributed by atoms with E-state index in [1.54, 1.807) is 0 Å². The first-order valence-corrected chi connectivity index (χ1v) is 7.92. The molecule has 4 nitrogen and oxygen atoms in total. The lowest BCUT2D eigenvalue weighted by Crippen LogP contribution is -2.41. The molecule has 1 aliphatic rings. The standard InChI is InChI=1S/C16H29N3O/c1-12(2)16-11-15(6-9-20-16)17-7-5-8-19-14(4)10-13(3)18-19/h10,12,15-17H,5-9,11H2,1-4H3. The summed E-state index contributed by atoms with van der Waals surface area (Å²) in [5.74, 6) is 0.620. The van der Waals surface area contributed by atoms with Gasteiger partial charge >= 0.3 is 0 Å². The molecule has 0 aliphatic carbocycles. The molecule has 114 valence electrons. The van der Waals surface area contributed by atoms with Crippen LogP contribution in [0.4, 0.5) is 0 Å². The predicted octanol–water partition coefficient (Wildman–Crippen LogP) is 2.68. The Labute approximate surface area is 122 Å². The van der Waals surface area contributed by atoms with Crippen molar-refractivity contribution >= 4 is 0 Å². The second-order valence-electron chi connectivity index (χ2n) is 6.33. The number of aromatic nitrogens is 2. The van der Waals surface area contributed by atoms with Crippen molar-refractivity contribution in [3.05, 3.63) is 17.5 Å². The van der Waals surface area contributed by atoms with Crippen LogP contribution in [0.15, 0.2) is 6.07 Å². The number of hydrogen-bond acceptors (Lipinski definition) is 3. The summed E-state index contributed by atoms with van der Waals surface area (Å²) < 4.78 is 7.92. The normalized spacial score (nSPS) is 23.4. The number of ether oxygens (including phenoxy) is 1. The van der Waals surface area contributed by atoms with Crippen LogP contribution >= 0.6 is 0 Å². The molecule has 1 fully saturated rings. The van der Waals surface area contributed by atoms with Crippen LogP contribution in [0.25, 0.3) is 0 Å². The maximum absolute atomic E-state index is 5.81. The van der Waals surface area contributed by atoms with E-state index in [4.69, 9.17) is 4.74 Å². The summed E-state index contributed by atoms with van der Waals surface area (Å²) in [6.45, 7) is 11.6. The van der Waals surface area contributed by atoms with Crippen LogP contribution in [0.2, 0.25) is 0 Å². The Morgan fingerprint density at radius 1 is 1.45 bits per heavy atom. The van der Waals surface area contributed by atoms with Gasteiger partial charge in [0.15, 0.2) is 0 Å². The minimum atomic E-state index is 0.428. The van der Waals surface area contributed by atoms with E-state index < -0.39 is 0 Å². The van der Waals surface area contributed by atoms with Gasteiger partial charge < -0.3 is 10.1 Å². The SMILES string of the molecule is Cc1cc(C)n(CCCNC2CCOC(C(C)C)C2)n1. The Bertz CT molecular complexity index is 414. The van der Waals surface area contributed by atoms with Crippen LogP contribution in [0, 0.1) is 19.8 Å². The summed E-state index contributed by atoms with van der Waals surface area (Å²) in [4.78, 5) is 0. The molecule has 1 saturated heterocycles. The molecular formula is C16H29N3O. The van der Waals surface area contributed by atoms with Gasteiger partial charge in [0.1, 0.15) is 0 Å². The van der Waals surface area contributed by atoms with Crippen LogP contribution in [0.3, 0.4) is 0 Å². The van der Waals surface area contributed by atoms with Crippen molar-refractivity contribution in [2.75, 3.05) is 13.2 Å². The van der Waals surface area contributed by atoms with Gasteiger partial charge in [-0.2, -0.15) is 5.10 Å². The maximum Gasteiger partial charge on any atom is 0.0612 e. The highest BCUT2D eigenvalue weighted by molar-refractivity contribution is 5.06. The fraction of sp³-hybridized carbons (Fsp3) is 0.812. The molecule has 0 saturated carbocycles. The second-order valence-corrected chi connectivity index (χ2v) is 6.33. The molecule has 1 N–H and O–H groups in total.